The van der Waals surface area contributed by atoms with Gasteiger partial charge in [-0.15, -0.1) is 11.3 Å². The van der Waals surface area contributed by atoms with Crippen molar-refractivity contribution in [2.45, 2.75) is 13.0 Å². The first-order valence-electron chi connectivity index (χ1n) is 5.27. The maximum atomic E-state index is 14.0. The fraction of sp³-hybridized carbons (Fsp3) is 0.250. The van der Waals surface area contributed by atoms with E-state index in [1.807, 2.05) is 6.92 Å². The normalized spacial score (nSPS) is 12.7. The molecule has 0 aliphatic carbocycles. The van der Waals surface area contributed by atoms with Crippen LogP contribution >= 0.6 is 27.3 Å². The second-order valence-electron chi connectivity index (χ2n) is 3.76. The molecule has 6 heteroatoms. The molecule has 1 unspecified atom stereocenters. The first-order valence-corrected chi connectivity index (χ1v) is 6.88. The summed E-state index contributed by atoms with van der Waals surface area (Å²) < 4.78 is 28.1. The van der Waals surface area contributed by atoms with Crippen LogP contribution in [0, 0.1) is 18.6 Å². The lowest BCUT2D eigenvalue weighted by Gasteiger charge is -2.16. The third-order valence-electron chi connectivity index (χ3n) is 2.58. The molecule has 1 N–H and O–H groups in total. The van der Waals surface area contributed by atoms with Crippen LogP contribution in [0.2, 0.25) is 0 Å². The molecule has 0 fully saturated rings. The number of nitrogens with zero attached hydrogens (tertiary/aromatic N) is 1. The van der Waals surface area contributed by atoms with Crippen LogP contribution in [-0.2, 0) is 0 Å². The number of aromatic nitrogens is 1. The Labute approximate surface area is 116 Å². The van der Waals surface area contributed by atoms with Gasteiger partial charge < -0.3 is 5.32 Å². The largest absolute Gasteiger partial charge is 0.308 e. The molecule has 0 bridgehead atoms. The van der Waals surface area contributed by atoms with Crippen molar-refractivity contribution in [2.24, 2.45) is 0 Å². The van der Waals surface area contributed by atoms with Gasteiger partial charge in [0.05, 0.1) is 15.5 Å². The molecular weight excluding hydrogens is 322 g/mol. The molecular formula is C12H11BrF2N2S. The first kappa shape index (κ1) is 13.6. The SMILES string of the molecule is CNC(c1cnc(C)s1)c1c(F)ccc(Br)c1F. The van der Waals surface area contributed by atoms with E-state index in [1.54, 1.807) is 13.2 Å². The van der Waals surface area contributed by atoms with Gasteiger partial charge in [-0.1, -0.05) is 0 Å². The van der Waals surface area contributed by atoms with E-state index in [0.717, 1.165) is 9.88 Å². The standard InChI is InChI=1S/C12H11BrF2N2S/c1-6-17-5-9(18-6)12(16-2)10-8(14)4-3-7(13)11(10)15/h3-5,12,16H,1-2H3. The van der Waals surface area contributed by atoms with Crippen LogP contribution in [0.4, 0.5) is 8.78 Å². The van der Waals surface area contributed by atoms with Gasteiger partial charge in [0.1, 0.15) is 11.6 Å². The maximum Gasteiger partial charge on any atom is 0.145 e. The van der Waals surface area contributed by atoms with E-state index in [9.17, 15) is 8.78 Å². The molecule has 1 heterocycles. The molecule has 96 valence electrons. The Morgan fingerprint density at radius 2 is 2.11 bits per heavy atom. The smallest absolute Gasteiger partial charge is 0.145 e. The van der Waals surface area contributed by atoms with Gasteiger partial charge in [-0.3, -0.25) is 0 Å². The van der Waals surface area contributed by atoms with E-state index in [1.165, 1.54) is 23.5 Å². The third-order valence-corrected chi connectivity index (χ3v) is 4.17. The van der Waals surface area contributed by atoms with Gasteiger partial charge in [0, 0.05) is 16.6 Å². The van der Waals surface area contributed by atoms with Gasteiger partial charge in [-0.2, -0.15) is 0 Å². The van der Waals surface area contributed by atoms with E-state index in [0.29, 0.717) is 0 Å². The van der Waals surface area contributed by atoms with Crippen LogP contribution < -0.4 is 5.32 Å². The number of benzene rings is 1. The predicted molar refractivity (Wildman–Crippen MR) is 71.8 cm³/mol. The second kappa shape index (κ2) is 5.42. The highest BCUT2D eigenvalue weighted by Gasteiger charge is 2.23. The van der Waals surface area contributed by atoms with Gasteiger partial charge in [0.25, 0.3) is 0 Å². The Hall–Kier alpha value is -0.850. The molecule has 18 heavy (non-hydrogen) atoms. The summed E-state index contributed by atoms with van der Waals surface area (Å²) in [6.45, 7) is 1.86. The lowest BCUT2D eigenvalue weighted by molar-refractivity contribution is 0.521. The van der Waals surface area contributed by atoms with E-state index < -0.39 is 17.7 Å². The lowest BCUT2D eigenvalue weighted by Crippen LogP contribution is -2.19. The van der Waals surface area contributed by atoms with Crippen molar-refractivity contribution >= 4 is 27.3 Å². The quantitative estimate of drug-likeness (QED) is 0.865. The molecule has 2 rings (SSSR count). The number of halogens is 3. The molecule has 0 aliphatic rings. The fourth-order valence-corrected chi connectivity index (χ4v) is 3.00. The average Bonchev–Trinajstić information content (AvgIpc) is 2.76. The van der Waals surface area contributed by atoms with Crippen molar-refractivity contribution in [2.75, 3.05) is 7.05 Å². The molecule has 2 aromatic rings. The van der Waals surface area contributed by atoms with Gasteiger partial charge in [0.2, 0.25) is 0 Å². The Morgan fingerprint density at radius 3 is 2.67 bits per heavy atom. The van der Waals surface area contributed by atoms with Crippen LogP contribution in [0.5, 0.6) is 0 Å². The van der Waals surface area contributed by atoms with E-state index in [-0.39, 0.29) is 10.0 Å². The first-order chi connectivity index (χ1) is 8.54. The zero-order valence-electron chi connectivity index (χ0n) is 9.80. The summed E-state index contributed by atoms with van der Waals surface area (Å²) >= 11 is 4.49. The minimum Gasteiger partial charge on any atom is -0.308 e. The number of nitrogens with one attached hydrogen (secondary N) is 1. The number of hydrogen-bond donors (Lipinski definition) is 1. The van der Waals surface area contributed by atoms with Crippen LogP contribution in [0.25, 0.3) is 0 Å². The highest BCUT2D eigenvalue weighted by Crippen LogP contribution is 2.32. The van der Waals surface area contributed by atoms with Crippen LogP contribution in [0.3, 0.4) is 0 Å². The lowest BCUT2D eigenvalue weighted by atomic mass is 10.0. The van der Waals surface area contributed by atoms with Crippen molar-refractivity contribution in [1.29, 1.82) is 0 Å². The zero-order valence-corrected chi connectivity index (χ0v) is 12.2. The fourth-order valence-electron chi connectivity index (χ4n) is 1.75. The predicted octanol–water partition coefficient (Wildman–Crippen LogP) is 3.80. The molecule has 0 amide bonds. The average molecular weight is 333 g/mol. The summed E-state index contributed by atoms with van der Waals surface area (Å²) in [5.41, 5.74) is 0.00975. The Morgan fingerprint density at radius 1 is 1.39 bits per heavy atom. The van der Waals surface area contributed by atoms with E-state index in [2.05, 4.69) is 26.2 Å². The summed E-state index contributed by atoms with van der Waals surface area (Å²) in [7, 11) is 1.67. The molecule has 1 aromatic carbocycles. The van der Waals surface area contributed by atoms with Crippen molar-refractivity contribution in [3.05, 3.63) is 49.9 Å². The van der Waals surface area contributed by atoms with Crippen LogP contribution in [0.1, 0.15) is 21.5 Å². The Bertz CT molecular complexity index is 571. The Balaban J connectivity index is 2.55. The molecule has 0 saturated carbocycles. The highest BCUT2D eigenvalue weighted by molar-refractivity contribution is 9.10. The summed E-state index contributed by atoms with van der Waals surface area (Å²) in [4.78, 5) is 4.90. The van der Waals surface area contributed by atoms with Gasteiger partial charge in [-0.05, 0) is 42.0 Å². The topological polar surface area (TPSA) is 24.9 Å². The summed E-state index contributed by atoms with van der Waals surface area (Å²) in [6.07, 6.45) is 1.64. The zero-order chi connectivity index (χ0) is 13.3. The van der Waals surface area contributed by atoms with Crippen LogP contribution in [0.15, 0.2) is 22.8 Å². The summed E-state index contributed by atoms with van der Waals surface area (Å²) in [6, 6.07) is 2.08. The van der Waals surface area contributed by atoms with Crippen LogP contribution in [-0.4, -0.2) is 12.0 Å². The van der Waals surface area contributed by atoms with E-state index in [4.69, 9.17) is 0 Å². The molecule has 1 aromatic heterocycles. The molecule has 0 aliphatic heterocycles. The Kier molecular flexibility index (Phi) is 4.09. The molecule has 2 nitrogen and oxygen atoms in total. The molecule has 0 spiro atoms. The molecule has 0 saturated heterocycles. The minimum absolute atomic E-state index is 0.00975. The van der Waals surface area contributed by atoms with Gasteiger partial charge in [0.15, 0.2) is 0 Å². The van der Waals surface area contributed by atoms with Gasteiger partial charge in [-0.25, -0.2) is 13.8 Å². The number of hydrogen-bond acceptors (Lipinski definition) is 3. The van der Waals surface area contributed by atoms with Crippen molar-refractivity contribution < 1.29 is 8.78 Å². The summed E-state index contributed by atoms with van der Waals surface area (Å²) in [5, 5.41) is 3.79. The molecule has 0 radical (unpaired) electrons. The monoisotopic (exact) mass is 332 g/mol. The minimum atomic E-state index is -0.583. The number of thiazole rings is 1. The summed E-state index contributed by atoms with van der Waals surface area (Å²) in [5.74, 6) is -1.15. The maximum absolute atomic E-state index is 14.0. The van der Waals surface area contributed by atoms with Crippen molar-refractivity contribution in [3.8, 4) is 0 Å². The highest BCUT2D eigenvalue weighted by atomic mass is 79.9. The van der Waals surface area contributed by atoms with E-state index >= 15 is 0 Å². The second-order valence-corrected chi connectivity index (χ2v) is 5.88. The van der Waals surface area contributed by atoms with Crippen molar-refractivity contribution in [1.82, 2.24) is 10.3 Å². The number of rotatable bonds is 3. The third kappa shape index (κ3) is 2.46. The van der Waals surface area contributed by atoms with Crippen molar-refractivity contribution in [3.63, 3.8) is 0 Å². The van der Waals surface area contributed by atoms with Gasteiger partial charge >= 0.3 is 0 Å². The molecule has 1 atom stereocenters. The number of aryl methyl sites for hydroxylation is 1.